The van der Waals surface area contributed by atoms with Crippen molar-refractivity contribution in [1.29, 1.82) is 0 Å². The molecule has 0 fully saturated rings. The number of nitrogens with zero attached hydrogens (tertiary/aromatic N) is 3. The van der Waals surface area contributed by atoms with E-state index in [0.29, 0.717) is 0 Å². The summed E-state index contributed by atoms with van der Waals surface area (Å²) >= 11 is 0. The fourth-order valence-electron chi connectivity index (χ4n) is 1.14. The number of imidazole rings is 1. The Balaban J connectivity index is 0.000000720. The number of fused-ring (bicyclic) bond motifs is 1. The molecule has 4 nitrogen and oxygen atoms in total. The quantitative estimate of drug-likeness (QED) is 0.640. The molecule has 2 aromatic rings. The van der Waals surface area contributed by atoms with Crippen molar-refractivity contribution in [2.45, 2.75) is 6.92 Å². The number of rotatable bonds is 0. The minimum absolute atomic E-state index is 0. The van der Waals surface area contributed by atoms with Crippen LogP contribution >= 0.6 is 0 Å². The van der Waals surface area contributed by atoms with Crippen molar-refractivity contribution in [2.24, 2.45) is 7.05 Å². The first kappa shape index (κ1) is 8.67. The highest BCUT2D eigenvalue weighted by Crippen LogP contribution is 2.09. The van der Waals surface area contributed by atoms with Crippen LogP contribution in [0.4, 0.5) is 0 Å². The predicted molar refractivity (Wildman–Crippen MR) is 48.3 cm³/mol. The van der Waals surface area contributed by atoms with E-state index in [1.54, 1.807) is 6.20 Å². The van der Waals surface area contributed by atoms with Crippen LogP contribution in [0, 0.1) is 6.92 Å². The van der Waals surface area contributed by atoms with Gasteiger partial charge in [0.25, 0.3) is 0 Å². The maximum atomic E-state index is 4.31. The third-order valence-electron chi connectivity index (χ3n) is 1.85. The van der Waals surface area contributed by atoms with Crippen LogP contribution in [0.1, 0.15) is 5.82 Å². The van der Waals surface area contributed by atoms with Crippen LogP contribution in [-0.4, -0.2) is 14.5 Å². The van der Waals surface area contributed by atoms with Gasteiger partial charge in [0.2, 0.25) is 0 Å². The molecule has 2 rings (SSSR count). The lowest BCUT2D eigenvalue weighted by Crippen LogP contribution is -1.91. The zero-order chi connectivity index (χ0) is 7.84. The minimum Gasteiger partial charge on any atom is -0.344 e. The van der Waals surface area contributed by atoms with Gasteiger partial charge in [-0.15, -0.1) is 0 Å². The topological polar surface area (TPSA) is 65.7 Å². The van der Waals surface area contributed by atoms with Crippen LogP contribution in [0.15, 0.2) is 18.3 Å². The normalized spacial score (nSPS) is 9.83. The van der Waals surface area contributed by atoms with Gasteiger partial charge in [0.15, 0.2) is 5.65 Å². The van der Waals surface area contributed by atoms with Gasteiger partial charge in [-0.25, -0.2) is 9.97 Å². The molecule has 2 aromatic heterocycles. The van der Waals surface area contributed by atoms with Gasteiger partial charge >= 0.3 is 0 Å². The molecule has 0 saturated carbocycles. The molecule has 4 heteroatoms. The monoisotopic (exact) mass is 164 g/mol. The average Bonchev–Trinajstić information content (AvgIpc) is 2.30. The summed E-state index contributed by atoms with van der Waals surface area (Å²) in [6.07, 6.45) is 1.78. The van der Waals surface area contributed by atoms with Gasteiger partial charge in [0, 0.05) is 13.2 Å². The van der Waals surface area contributed by atoms with Gasteiger partial charge < -0.3 is 10.7 Å². The SMILES string of the molecule is Cc1nc2cccnc2n1C.N. The van der Waals surface area contributed by atoms with Crippen LogP contribution in [0.3, 0.4) is 0 Å². The van der Waals surface area contributed by atoms with Crippen molar-refractivity contribution in [3.63, 3.8) is 0 Å². The van der Waals surface area contributed by atoms with Gasteiger partial charge in [0.1, 0.15) is 11.3 Å². The van der Waals surface area contributed by atoms with Gasteiger partial charge in [-0.1, -0.05) is 0 Å². The number of aryl methyl sites for hydroxylation is 2. The maximum absolute atomic E-state index is 4.31. The van der Waals surface area contributed by atoms with E-state index in [4.69, 9.17) is 0 Å². The first-order valence-electron chi connectivity index (χ1n) is 3.53. The standard InChI is InChI=1S/C8H9N3.H3N/c1-6-10-7-4-3-5-9-8(7)11(6)2;/h3-5H,1-2H3;1H3. The van der Waals surface area contributed by atoms with Gasteiger partial charge in [-0.05, 0) is 19.1 Å². The first-order valence-corrected chi connectivity index (χ1v) is 3.53. The lowest BCUT2D eigenvalue weighted by Gasteiger charge is -1.92. The van der Waals surface area contributed by atoms with E-state index < -0.39 is 0 Å². The molecule has 0 aromatic carbocycles. The Hall–Kier alpha value is -1.42. The highest BCUT2D eigenvalue weighted by molar-refractivity contribution is 5.70. The van der Waals surface area contributed by atoms with Crippen LogP contribution in [0.5, 0.6) is 0 Å². The van der Waals surface area contributed by atoms with Crippen molar-refractivity contribution in [2.75, 3.05) is 0 Å². The Morgan fingerprint density at radius 3 is 2.83 bits per heavy atom. The molecule has 3 N–H and O–H groups in total. The molecule has 0 amide bonds. The molecule has 0 radical (unpaired) electrons. The van der Waals surface area contributed by atoms with Crippen LogP contribution < -0.4 is 6.15 Å². The highest BCUT2D eigenvalue weighted by atomic mass is 15.1. The summed E-state index contributed by atoms with van der Waals surface area (Å²) in [4.78, 5) is 8.52. The summed E-state index contributed by atoms with van der Waals surface area (Å²) in [5, 5.41) is 0. The summed E-state index contributed by atoms with van der Waals surface area (Å²) in [6, 6.07) is 3.87. The van der Waals surface area contributed by atoms with E-state index in [0.717, 1.165) is 17.0 Å². The summed E-state index contributed by atoms with van der Waals surface area (Å²) < 4.78 is 1.98. The van der Waals surface area contributed by atoms with E-state index in [1.165, 1.54) is 0 Å². The summed E-state index contributed by atoms with van der Waals surface area (Å²) in [6.45, 7) is 1.97. The second-order valence-electron chi connectivity index (χ2n) is 2.56. The molecule has 0 saturated heterocycles. The van der Waals surface area contributed by atoms with E-state index >= 15 is 0 Å². The predicted octanol–water partition coefficient (Wildman–Crippen LogP) is 1.44. The van der Waals surface area contributed by atoms with Crippen molar-refractivity contribution in [1.82, 2.24) is 20.7 Å². The van der Waals surface area contributed by atoms with Crippen LogP contribution in [-0.2, 0) is 7.05 Å². The van der Waals surface area contributed by atoms with E-state index in [2.05, 4.69) is 9.97 Å². The average molecular weight is 164 g/mol. The Labute approximate surface area is 70.8 Å². The number of aromatic nitrogens is 3. The Morgan fingerprint density at radius 2 is 2.17 bits per heavy atom. The van der Waals surface area contributed by atoms with Gasteiger partial charge in [-0.3, -0.25) is 0 Å². The second kappa shape index (κ2) is 2.91. The zero-order valence-corrected chi connectivity index (χ0v) is 7.28. The fraction of sp³-hybridized carbons (Fsp3) is 0.250. The highest BCUT2D eigenvalue weighted by Gasteiger charge is 2.01. The fourth-order valence-corrected chi connectivity index (χ4v) is 1.14. The zero-order valence-electron chi connectivity index (χ0n) is 7.28. The third kappa shape index (κ3) is 1.06. The summed E-state index contributed by atoms with van der Waals surface area (Å²) in [5.41, 5.74) is 1.91. The molecular weight excluding hydrogens is 152 g/mol. The Morgan fingerprint density at radius 1 is 1.42 bits per heavy atom. The van der Waals surface area contributed by atoms with Crippen molar-refractivity contribution in [3.8, 4) is 0 Å². The lowest BCUT2D eigenvalue weighted by atomic mass is 10.4. The first-order chi connectivity index (χ1) is 5.29. The summed E-state index contributed by atoms with van der Waals surface area (Å²) in [7, 11) is 1.97. The second-order valence-corrected chi connectivity index (χ2v) is 2.56. The van der Waals surface area contributed by atoms with Gasteiger partial charge in [-0.2, -0.15) is 0 Å². The Bertz CT molecular complexity index is 391. The molecule has 2 heterocycles. The molecule has 0 aliphatic rings. The molecule has 0 aliphatic carbocycles. The molecule has 0 bridgehead atoms. The minimum atomic E-state index is 0. The molecule has 0 atom stereocenters. The van der Waals surface area contributed by atoms with Crippen molar-refractivity contribution < 1.29 is 0 Å². The van der Waals surface area contributed by atoms with Crippen LogP contribution in [0.25, 0.3) is 11.2 Å². The van der Waals surface area contributed by atoms with E-state index in [1.807, 2.05) is 30.7 Å². The van der Waals surface area contributed by atoms with E-state index in [9.17, 15) is 0 Å². The lowest BCUT2D eigenvalue weighted by molar-refractivity contribution is 0.874. The maximum Gasteiger partial charge on any atom is 0.159 e. The number of hydrogen-bond acceptors (Lipinski definition) is 3. The molecule has 64 valence electrons. The third-order valence-corrected chi connectivity index (χ3v) is 1.85. The Kier molecular flexibility index (Phi) is 2.10. The van der Waals surface area contributed by atoms with Crippen molar-refractivity contribution in [3.05, 3.63) is 24.2 Å². The van der Waals surface area contributed by atoms with E-state index in [-0.39, 0.29) is 6.15 Å². The molecular formula is C8H12N4. The van der Waals surface area contributed by atoms with Crippen molar-refractivity contribution >= 4 is 11.2 Å². The summed E-state index contributed by atoms with van der Waals surface area (Å²) in [5.74, 6) is 0.999. The molecule has 0 aliphatic heterocycles. The molecule has 12 heavy (non-hydrogen) atoms. The molecule has 0 spiro atoms. The van der Waals surface area contributed by atoms with Gasteiger partial charge in [0.05, 0.1) is 0 Å². The van der Waals surface area contributed by atoms with Crippen LogP contribution in [0.2, 0.25) is 0 Å². The molecule has 0 unspecified atom stereocenters. The smallest absolute Gasteiger partial charge is 0.159 e. The number of pyridine rings is 1. The largest absolute Gasteiger partial charge is 0.344 e. The number of hydrogen-bond donors (Lipinski definition) is 1.